The number of fused-ring (bicyclic) bond motifs is 1. The predicted molar refractivity (Wildman–Crippen MR) is 59.6 cm³/mol. The summed E-state index contributed by atoms with van der Waals surface area (Å²) in [6.45, 7) is 0. The average molecular weight is 217 g/mol. The van der Waals surface area contributed by atoms with Gasteiger partial charge in [-0.05, 0) is 18.2 Å². The molecule has 0 aliphatic heterocycles. The largest absolute Gasteiger partial charge is 0.465 e. The van der Waals surface area contributed by atoms with Crippen LogP contribution in [0.25, 0.3) is 10.9 Å². The third-order valence-corrected chi connectivity index (χ3v) is 2.65. The molecular formula is C12H11NO3. The molecule has 0 spiro atoms. The second kappa shape index (κ2) is 3.81. The average Bonchev–Trinajstić information content (AvgIpc) is 2.65. The van der Waals surface area contributed by atoms with E-state index >= 15 is 0 Å². The third kappa shape index (κ3) is 1.39. The molecule has 0 N–H and O–H groups in total. The summed E-state index contributed by atoms with van der Waals surface area (Å²) in [6.07, 6.45) is 0.765. The van der Waals surface area contributed by atoms with Crippen LogP contribution in [-0.4, -0.2) is 23.9 Å². The van der Waals surface area contributed by atoms with Crippen molar-refractivity contribution in [2.24, 2.45) is 7.05 Å². The molecule has 0 aliphatic carbocycles. The standard InChI is InChI=1S/C12H11NO3/c1-13-8(7-14)6-10-9(12(15)16-2)4-3-5-11(10)13/h3-7H,1-2H3. The van der Waals surface area contributed by atoms with Crippen LogP contribution in [0.1, 0.15) is 20.8 Å². The fraction of sp³-hybridized carbons (Fsp3) is 0.167. The molecule has 4 heteroatoms. The lowest BCUT2D eigenvalue weighted by Crippen LogP contribution is -2.01. The highest BCUT2D eigenvalue weighted by atomic mass is 16.5. The number of esters is 1. The van der Waals surface area contributed by atoms with Gasteiger partial charge in [0.05, 0.1) is 18.4 Å². The van der Waals surface area contributed by atoms with E-state index in [1.165, 1.54) is 7.11 Å². The Labute approximate surface area is 92.4 Å². The van der Waals surface area contributed by atoms with Crippen molar-refractivity contribution in [3.63, 3.8) is 0 Å². The van der Waals surface area contributed by atoms with E-state index in [9.17, 15) is 9.59 Å². The molecule has 0 fully saturated rings. The molecule has 1 aromatic heterocycles. The molecule has 0 saturated heterocycles. The molecular weight excluding hydrogens is 206 g/mol. The SMILES string of the molecule is COC(=O)c1cccc2c1cc(C=O)n2C. The van der Waals surface area contributed by atoms with E-state index in [0.29, 0.717) is 11.3 Å². The summed E-state index contributed by atoms with van der Waals surface area (Å²) in [5.41, 5.74) is 1.85. The van der Waals surface area contributed by atoms with Crippen molar-refractivity contribution in [3.8, 4) is 0 Å². The Bertz CT molecular complexity index is 569. The Balaban J connectivity index is 2.78. The molecule has 16 heavy (non-hydrogen) atoms. The zero-order valence-electron chi connectivity index (χ0n) is 9.06. The van der Waals surface area contributed by atoms with Crippen molar-refractivity contribution < 1.29 is 14.3 Å². The van der Waals surface area contributed by atoms with Gasteiger partial charge in [0, 0.05) is 18.0 Å². The van der Waals surface area contributed by atoms with Crippen molar-refractivity contribution in [1.82, 2.24) is 4.57 Å². The summed E-state index contributed by atoms with van der Waals surface area (Å²) in [5, 5.41) is 0.735. The van der Waals surface area contributed by atoms with Crippen molar-refractivity contribution in [1.29, 1.82) is 0 Å². The topological polar surface area (TPSA) is 48.3 Å². The van der Waals surface area contributed by atoms with Gasteiger partial charge < -0.3 is 9.30 Å². The number of hydrogen-bond acceptors (Lipinski definition) is 3. The first-order valence-electron chi connectivity index (χ1n) is 4.81. The van der Waals surface area contributed by atoms with Crippen LogP contribution in [0.2, 0.25) is 0 Å². The second-order valence-electron chi connectivity index (χ2n) is 3.48. The molecule has 0 unspecified atom stereocenters. The van der Waals surface area contributed by atoms with Crippen LogP contribution in [0.3, 0.4) is 0 Å². The quantitative estimate of drug-likeness (QED) is 0.569. The maximum absolute atomic E-state index is 11.5. The highest BCUT2D eigenvalue weighted by molar-refractivity contribution is 6.05. The van der Waals surface area contributed by atoms with E-state index in [1.807, 2.05) is 6.07 Å². The third-order valence-electron chi connectivity index (χ3n) is 2.65. The fourth-order valence-electron chi connectivity index (χ4n) is 1.78. The smallest absolute Gasteiger partial charge is 0.338 e. The zero-order valence-corrected chi connectivity index (χ0v) is 9.06. The van der Waals surface area contributed by atoms with Crippen LogP contribution in [0.4, 0.5) is 0 Å². The molecule has 0 radical (unpaired) electrons. The minimum atomic E-state index is -0.395. The normalized spacial score (nSPS) is 10.4. The molecule has 0 aliphatic rings. The molecule has 4 nitrogen and oxygen atoms in total. The van der Waals surface area contributed by atoms with Crippen molar-refractivity contribution in [3.05, 3.63) is 35.5 Å². The highest BCUT2D eigenvalue weighted by Crippen LogP contribution is 2.22. The van der Waals surface area contributed by atoms with Crippen molar-refractivity contribution in [2.45, 2.75) is 0 Å². The van der Waals surface area contributed by atoms with Gasteiger partial charge in [-0.2, -0.15) is 0 Å². The number of carbonyl (C=O) groups is 2. The van der Waals surface area contributed by atoms with Gasteiger partial charge in [0.15, 0.2) is 6.29 Å². The predicted octanol–water partition coefficient (Wildman–Crippen LogP) is 1.78. The number of aldehydes is 1. The van der Waals surface area contributed by atoms with E-state index < -0.39 is 5.97 Å². The fourth-order valence-corrected chi connectivity index (χ4v) is 1.78. The Morgan fingerprint density at radius 1 is 1.44 bits per heavy atom. The van der Waals surface area contributed by atoms with Crippen LogP contribution in [0.5, 0.6) is 0 Å². The van der Waals surface area contributed by atoms with Crippen LogP contribution in [0.15, 0.2) is 24.3 Å². The molecule has 1 heterocycles. The first-order valence-corrected chi connectivity index (χ1v) is 4.81. The van der Waals surface area contributed by atoms with Crippen LogP contribution in [0, 0.1) is 0 Å². The minimum absolute atomic E-state index is 0.395. The molecule has 2 aromatic rings. The number of rotatable bonds is 2. The number of nitrogens with zero attached hydrogens (tertiary/aromatic N) is 1. The van der Waals surface area contributed by atoms with Gasteiger partial charge in [0.1, 0.15) is 0 Å². The summed E-state index contributed by atoms with van der Waals surface area (Å²) in [5.74, 6) is -0.395. The lowest BCUT2D eigenvalue weighted by molar-refractivity contribution is 0.0603. The number of ether oxygens (including phenoxy) is 1. The van der Waals surface area contributed by atoms with E-state index in [-0.39, 0.29) is 0 Å². The number of benzene rings is 1. The van der Waals surface area contributed by atoms with E-state index in [0.717, 1.165) is 17.2 Å². The number of methoxy groups -OCH3 is 1. The van der Waals surface area contributed by atoms with E-state index in [4.69, 9.17) is 4.74 Å². The van der Waals surface area contributed by atoms with Gasteiger partial charge in [-0.3, -0.25) is 4.79 Å². The molecule has 0 amide bonds. The summed E-state index contributed by atoms with van der Waals surface area (Å²) >= 11 is 0. The molecule has 0 atom stereocenters. The highest BCUT2D eigenvalue weighted by Gasteiger charge is 2.13. The Hall–Kier alpha value is -2.10. The van der Waals surface area contributed by atoms with Gasteiger partial charge in [0.25, 0.3) is 0 Å². The summed E-state index contributed by atoms with van der Waals surface area (Å²) in [6, 6.07) is 7.00. The number of carbonyl (C=O) groups excluding carboxylic acids is 2. The van der Waals surface area contributed by atoms with Gasteiger partial charge >= 0.3 is 5.97 Å². The lowest BCUT2D eigenvalue weighted by Gasteiger charge is -2.01. The molecule has 1 aromatic carbocycles. The first-order chi connectivity index (χ1) is 7.69. The van der Waals surface area contributed by atoms with Gasteiger partial charge in [-0.25, -0.2) is 4.79 Å². The number of aryl methyl sites for hydroxylation is 1. The van der Waals surface area contributed by atoms with Crippen LogP contribution >= 0.6 is 0 Å². The van der Waals surface area contributed by atoms with Crippen LogP contribution < -0.4 is 0 Å². The van der Waals surface area contributed by atoms with E-state index in [1.54, 1.807) is 29.8 Å². The summed E-state index contributed by atoms with van der Waals surface area (Å²) in [7, 11) is 3.12. The molecule has 0 bridgehead atoms. The molecule has 82 valence electrons. The number of aromatic nitrogens is 1. The number of hydrogen-bond donors (Lipinski definition) is 0. The zero-order chi connectivity index (χ0) is 11.7. The first kappa shape index (κ1) is 10.4. The lowest BCUT2D eigenvalue weighted by atomic mass is 10.1. The van der Waals surface area contributed by atoms with Gasteiger partial charge in [-0.15, -0.1) is 0 Å². The molecule has 2 rings (SSSR count). The van der Waals surface area contributed by atoms with E-state index in [2.05, 4.69) is 0 Å². The van der Waals surface area contributed by atoms with Crippen molar-refractivity contribution >= 4 is 23.2 Å². The van der Waals surface area contributed by atoms with Crippen LogP contribution in [-0.2, 0) is 11.8 Å². The summed E-state index contributed by atoms with van der Waals surface area (Å²) in [4.78, 5) is 22.3. The minimum Gasteiger partial charge on any atom is -0.465 e. The molecule has 0 saturated carbocycles. The second-order valence-corrected chi connectivity index (χ2v) is 3.48. The maximum Gasteiger partial charge on any atom is 0.338 e. The Morgan fingerprint density at radius 2 is 2.19 bits per heavy atom. The van der Waals surface area contributed by atoms with Crippen molar-refractivity contribution in [2.75, 3.05) is 7.11 Å². The Morgan fingerprint density at radius 3 is 2.81 bits per heavy atom. The maximum atomic E-state index is 11.5. The Kier molecular flexibility index (Phi) is 2.48. The van der Waals surface area contributed by atoms with Gasteiger partial charge in [0.2, 0.25) is 0 Å². The monoisotopic (exact) mass is 217 g/mol. The van der Waals surface area contributed by atoms with Gasteiger partial charge in [-0.1, -0.05) is 6.07 Å². The summed E-state index contributed by atoms with van der Waals surface area (Å²) < 4.78 is 6.44.